The third-order valence-corrected chi connectivity index (χ3v) is 8.59. The minimum Gasteiger partial charge on any atom is -0.394 e. The van der Waals surface area contributed by atoms with Crippen molar-refractivity contribution in [1.82, 2.24) is 10.2 Å². The normalized spacial score (nSPS) is 30.8. The molecule has 3 fully saturated rings. The summed E-state index contributed by atoms with van der Waals surface area (Å²) < 4.78 is 6.60. The first-order chi connectivity index (χ1) is 17.8. The molecule has 0 radical (unpaired) electrons. The van der Waals surface area contributed by atoms with Gasteiger partial charge in [0.25, 0.3) is 0 Å². The Bertz CT molecular complexity index is 1210. The van der Waals surface area contributed by atoms with Crippen LogP contribution in [0.4, 0.5) is 5.69 Å². The highest BCUT2D eigenvalue weighted by atomic mass is 35.5. The molecule has 3 saturated heterocycles. The Morgan fingerprint density at radius 2 is 1.84 bits per heavy atom. The van der Waals surface area contributed by atoms with E-state index in [9.17, 15) is 19.5 Å². The zero-order chi connectivity index (χ0) is 26.4. The lowest BCUT2D eigenvalue weighted by atomic mass is 9.66. The maximum Gasteiger partial charge on any atom is 0.250 e. The van der Waals surface area contributed by atoms with Gasteiger partial charge in [0.1, 0.15) is 11.6 Å². The molecule has 2 bridgehead atoms. The second-order valence-electron chi connectivity index (χ2n) is 10.4. The Labute approximate surface area is 221 Å². The maximum absolute atomic E-state index is 14.0. The van der Waals surface area contributed by atoms with E-state index >= 15 is 0 Å². The molecule has 2 aromatic carbocycles. The lowest BCUT2D eigenvalue weighted by molar-refractivity contribution is -0.148. The molecule has 0 aromatic heterocycles. The van der Waals surface area contributed by atoms with Crippen molar-refractivity contribution in [2.45, 2.75) is 62.9 Å². The smallest absolute Gasteiger partial charge is 0.250 e. The van der Waals surface area contributed by atoms with Crippen molar-refractivity contribution in [1.29, 1.82) is 0 Å². The fourth-order valence-corrected chi connectivity index (χ4v) is 6.71. The molecule has 3 heterocycles. The van der Waals surface area contributed by atoms with Gasteiger partial charge in [-0.15, -0.1) is 0 Å². The SMILES string of the molecule is CC[C@@H](CO)N1C(=O)[C@@H]2[C@H](C(=O)NCc3ccccc3)[C@]3(C)CCC2(O3)C1C(=O)Nc1ccccc1Cl. The summed E-state index contributed by atoms with van der Waals surface area (Å²) in [5.74, 6) is -2.62. The molecule has 3 aliphatic rings. The summed E-state index contributed by atoms with van der Waals surface area (Å²) in [6.07, 6.45) is 1.45. The van der Waals surface area contributed by atoms with Crippen LogP contribution >= 0.6 is 11.6 Å². The quantitative estimate of drug-likeness (QED) is 0.491. The Morgan fingerprint density at radius 1 is 1.14 bits per heavy atom. The topological polar surface area (TPSA) is 108 Å². The van der Waals surface area contributed by atoms with Gasteiger partial charge in [0.15, 0.2) is 0 Å². The molecular formula is C28H32ClN3O5. The van der Waals surface area contributed by atoms with Gasteiger partial charge in [-0.2, -0.15) is 0 Å². The Morgan fingerprint density at radius 3 is 2.51 bits per heavy atom. The number of hydrogen-bond acceptors (Lipinski definition) is 5. The van der Waals surface area contributed by atoms with Crippen LogP contribution in [0.15, 0.2) is 54.6 Å². The van der Waals surface area contributed by atoms with E-state index in [4.69, 9.17) is 16.3 Å². The first kappa shape index (κ1) is 25.7. The molecule has 37 heavy (non-hydrogen) atoms. The average Bonchev–Trinajstić information content (AvgIpc) is 3.46. The van der Waals surface area contributed by atoms with Gasteiger partial charge in [-0.3, -0.25) is 14.4 Å². The minimum atomic E-state index is -1.17. The summed E-state index contributed by atoms with van der Waals surface area (Å²) in [6.45, 7) is 3.74. The number of para-hydroxylation sites is 1. The van der Waals surface area contributed by atoms with Crippen LogP contribution in [0.3, 0.4) is 0 Å². The average molecular weight is 526 g/mol. The molecular weight excluding hydrogens is 494 g/mol. The summed E-state index contributed by atoms with van der Waals surface area (Å²) >= 11 is 6.30. The van der Waals surface area contributed by atoms with E-state index in [1.807, 2.05) is 44.2 Å². The lowest BCUT2D eigenvalue weighted by Crippen LogP contribution is -2.56. The van der Waals surface area contributed by atoms with E-state index < -0.39 is 41.0 Å². The van der Waals surface area contributed by atoms with Crippen molar-refractivity contribution in [3.63, 3.8) is 0 Å². The number of carbonyl (C=O) groups is 3. The van der Waals surface area contributed by atoms with Crippen molar-refractivity contribution in [2.75, 3.05) is 11.9 Å². The van der Waals surface area contributed by atoms with Gasteiger partial charge in [0, 0.05) is 6.54 Å². The van der Waals surface area contributed by atoms with E-state index in [1.165, 1.54) is 4.90 Å². The Balaban J connectivity index is 1.49. The number of hydrogen-bond donors (Lipinski definition) is 3. The zero-order valence-electron chi connectivity index (χ0n) is 20.9. The van der Waals surface area contributed by atoms with Crippen LogP contribution in [0, 0.1) is 11.8 Å². The van der Waals surface area contributed by atoms with Crippen LogP contribution < -0.4 is 10.6 Å². The number of amides is 3. The standard InChI is InChI=1S/C28H32ClN3O5/c1-3-18(16-33)32-23(25(35)31-20-12-8-7-11-19(20)29)28-14-13-27(2,37-28)21(22(28)26(32)36)24(34)30-15-17-9-5-4-6-10-17/h4-12,18,21-23,33H,3,13-16H2,1-2H3,(H,30,34)(H,31,35)/t18-,21+,22-,23?,27-,28?/m0/s1. The van der Waals surface area contributed by atoms with Crippen molar-refractivity contribution in [3.8, 4) is 0 Å². The van der Waals surface area contributed by atoms with Crippen molar-refractivity contribution in [2.24, 2.45) is 11.8 Å². The molecule has 6 atom stereocenters. The predicted octanol–water partition coefficient (Wildman–Crippen LogP) is 3.13. The number of anilines is 1. The number of likely N-dealkylation sites (tertiary alicyclic amines) is 1. The number of carbonyl (C=O) groups excluding carboxylic acids is 3. The van der Waals surface area contributed by atoms with Crippen LogP contribution in [0.25, 0.3) is 0 Å². The second-order valence-corrected chi connectivity index (χ2v) is 10.8. The zero-order valence-corrected chi connectivity index (χ0v) is 21.7. The van der Waals surface area contributed by atoms with Crippen molar-refractivity contribution >= 4 is 35.0 Å². The molecule has 3 aliphatic heterocycles. The summed E-state index contributed by atoms with van der Waals surface area (Å²) in [5.41, 5.74) is -0.678. The highest BCUT2D eigenvalue weighted by molar-refractivity contribution is 6.33. The lowest BCUT2D eigenvalue weighted by Gasteiger charge is -2.36. The van der Waals surface area contributed by atoms with E-state index in [1.54, 1.807) is 24.3 Å². The minimum absolute atomic E-state index is 0.268. The summed E-state index contributed by atoms with van der Waals surface area (Å²) in [6, 6.07) is 14.8. The molecule has 1 spiro atoms. The van der Waals surface area contributed by atoms with E-state index in [-0.39, 0.29) is 18.4 Å². The third kappa shape index (κ3) is 4.11. The first-order valence-corrected chi connectivity index (χ1v) is 13.1. The molecule has 3 N–H and O–H groups in total. The van der Waals surface area contributed by atoms with E-state index in [0.717, 1.165) is 5.56 Å². The molecule has 0 saturated carbocycles. The number of nitrogens with one attached hydrogen (secondary N) is 2. The molecule has 2 aromatic rings. The molecule has 2 unspecified atom stereocenters. The van der Waals surface area contributed by atoms with E-state index in [2.05, 4.69) is 10.6 Å². The molecule has 9 heteroatoms. The summed E-state index contributed by atoms with van der Waals surface area (Å²) in [7, 11) is 0. The van der Waals surface area contributed by atoms with Gasteiger partial charge in [-0.05, 0) is 43.9 Å². The summed E-state index contributed by atoms with van der Waals surface area (Å²) in [4.78, 5) is 43.0. The van der Waals surface area contributed by atoms with Crippen LogP contribution in [0.2, 0.25) is 5.02 Å². The fourth-order valence-electron chi connectivity index (χ4n) is 6.53. The van der Waals surface area contributed by atoms with Gasteiger partial charge in [0.05, 0.1) is 40.8 Å². The van der Waals surface area contributed by atoms with Gasteiger partial charge >= 0.3 is 0 Å². The second kappa shape index (κ2) is 9.74. The number of rotatable bonds is 8. The van der Waals surface area contributed by atoms with Gasteiger partial charge in [-0.1, -0.05) is 61.0 Å². The highest BCUT2D eigenvalue weighted by Crippen LogP contribution is 2.63. The van der Waals surface area contributed by atoms with Crippen LogP contribution in [-0.4, -0.2) is 57.6 Å². The molecule has 8 nitrogen and oxygen atoms in total. The van der Waals surface area contributed by atoms with Gasteiger partial charge in [-0.25, -0.2) is 0 Å². The molecule has 3 amide bonds. The number of fused-ring (bicyclic) bond motifs is 1. The Hall–Kier alpha value is -2.94. The predicted molar refractivity (Wildman–Crippen MR) is 139 cm³/mol. The summed E-state index contributed by atoms with van der Waals surface area (Å²) in [5, 5.41) is 16.4. The number of aliphatic hydroxyl groups is 1. The van der Waals surface area contributed by atoms with Crippen molar-refractivity contribution < 1.29 is 24.2 Å². The monoisotopic (exact) mass is 525 g/mol. The van der Waals surface area contributed by atoms with Crippen LogP contribution in [0.1, 0.15) is 38.7 Å². The highest BCUT2D eigenvalue weighted by Gasteiger charge is 2.78. The van der Waals surface area contributed by atoms with Gasteiger partial charge in [0.2, 0.25) is 17.7 Å². The Kier molecular flexibility index (Phi) is 6.77. The molecule has 196 valence electrons. The van der Waals surface area contributed by atoms with Crippen molar-refractivity contribution in [3.05, 3.63) is 65.2 Å². The van der Waals surface area contributed by atoms with Gasteiger partial charge < -0.3 is 25.4 Å². The third-order valence-electron chi connectivity index (χ3n) is 8.26. The number of ether oxygens (including phenoxy) is 1. The fraction of sp³-hybridized carbons (Fsp3) is 0.464. The number of benzene rings is 2. The first-order valence-electron chi connectivity index (χ1n) is 12.8. The largest absolute Gasteiger partial charge is 0.394 e. The molecule has 5 rings (SSSR count). The van der Waals surface area contributed by atoms with E-state index in [0.29, 0.717) is 36.5 Å². The van der Waals surface area contributed by atoms with Crippen LogP contribution in [-0.2, 0) is 25.7 Å². The van der Waals surface area contributed by atoms with Crippen LogP contribution in [0.5, 0.6) is 0 Å². The maximum atomic E-state index is 14.0. The number of halogens is 1. The number of aliphatic hydroxyl groups excluding tert-OH is 1. The number of nitrogens with zero attached hydrogens (tertiary/aromatic N) is 1. The molecule has 0 aliphatic carbocycles.